The van der Waals surface area contributed by atoms with Crippen molar-refractivity contribution in [1.29, 1.82) is 0 Å². The van der Waals surface area contributed by atoms with Gasteiger partial charge in [-0.1, -0.05) is 42.5 Å². The highest BCUT2D eigenvalue weighted by Crippen LogP contribution is 2.24. The molecule has 3 aromatic rings. The van der Waals surface area contributed by atoms with Gasteiger partial charge in [0.1, 0.15) is 5.76 Å². The predicted molar refractivity (Wildman–Crippen MR) is 85.6 cm³/mol. The quantitative estimate of drug-likeness (QED) is 0.724. The van der Waals surface area contributed by atoms with E-state index < -0.39 is 0 Å². The van der Waals surface area contributed by atoms with Crippen LogP contribution in [0, 0.1) is 0 Å². The monoisotopic (exact) mass is 329 g/mol. The molecule has 1 unspecified atom stereocenters. The number of benzene rings is 2. The molecule has 3 heteroatoms. The molecular formula is C17H16BrNO. The number of rotatable bonds is 4. The highest BCUT2D eigenvalue weighted by Gasteiger charge is 2.09. The van der Waals surface area contributed by atoms with Gasteiger partial charge in [0.2, 0.25) is 0 Å². The van der Waals surface area contributed by atoms with Crippen molar-refractivity contribution < 1.29 is 4.42 Å². The van der Waals surface area contributed by atoms with Crippen molar-refractivity contribution in [3.05, 3.63) is 70.6 Å². The Morgan fingerprint density at radius 3 is 2.65 bits per heavy atom. The van der Waals surface area contributed by atoms with Crippen LogP contribution >= 0.6 is 15.9 Å². The van der Waals surface area contributed by atoms with Gasteiger partial charge in [0.05, 0.1) is 6.54 Å². The fraction of sp³-hybridized carbons (Fsp3) is 0.176. The summed E-state index contributed by atoms with van der Waals surface area (Å²) in [4.78, 5) is 0. The van der Waals surface area contributed by atoms with E-state index in [1.54, 1.807) is 0 Å². The van der Waals surface area contributed by atoms with Gasteiger partial charge in [-0.05, 0) is 51.3 Å². The van der Waals surface area contributed by atoms with Crippen molar-refractivity contribution in [2.45, 2.75) is 19.5 Å². The molecule has 0 aliphatic carbocycles. The van der Waals surface area contributed by atoms with Gasteiger partial charge in [0.15, 0.2) is 4.67 Å². The van der Waals surface area contributed by atoms with Gasteiger partial charge in [0, 0.05) is 6.04 Å². The second-order valence-electron chi connectivity index (χ2n) is 4.88. The standard InChI is InChI=1S/C17H16BrNO/c1-12(19-11-14-9-10-17(18)20-14)15-8-4-6-13-5-2-3-7-16(13)15/h2-10,12,19H,11H2,1H3. The summed E-state index contributed by atoms with van der Waals surface area (Å²) in [6.45, 7) is 2.90. The van der Waals surface area contributed by atoms with E-state index in [2.05, 4.69) is 70.6 Å². The SMILES string of the molecule is CC(NCc1ccc(Br)o1)c1cccc2ccccc12. The average molecular weight is 330 g/mol. The van der Waals surface area contributed by atoms with Gasteiger partial charge < -0.3 is 9.73 Å². The Hall–Kier alpha value is -1.58. The number of nitrogens with one attached hydrogen (secondary N) is 1. The molecule has 20 heavy (non-hydrogen) atoms. The van der Waals surface area contributed by atoms with Crippen LogP contribution in [-0.4, -0.2) is 0 Å². The van der Waals surface area contributed by atoms with Crippen LogP contribution < -0.4 is 5.32 Å². The highest BCUT2D eigenvalue weighted by atomic mass is 79.9. The Morgan fingerprint density at radius 1 is 1.05 bits per heavy atom. The van der Waals surface area contributed by atoms with Crippen molar-refractivity contribution in [1.82, 2.24) is 5.32 Å². The maximum absolute atomic E-state index is 5.51. The first-order valence-corrected chi connectivity index (χ1v) is 7.48. The van der Waals surface area contributed by atoms with E-state index in [1.165, 1.54) is 16.3 Å². The zero-order valence-corrected chi connectivity index (χ0v) is 12.9. The third-order valence-corrected chi connectivity index (χ3v) is 3.93. The molecule has 0 aliphatic rings. The van der Waals surface area contributed by atoms with Gasteiger partial charge in [0.25, 0.3) is 0 Å². The molecule has 0 saturated carbocycles. The van der Waals surface area contributed by atoms with Crippen molar-refractivity contribution in [3.63, 3.8) is 0 Å². The molecule has 102 valence electrons. The number of hydrogen-bond acceptors (Lipinski definition) is 2. The lowest BCUT2D eigenvalue weighted by Crippen LogP contribution is -2.17. The molecule has 0 amide bonds. The van der Waals surface area contributed by atoms with E-state index in [4.69, 9.17) is 4.42 Å². The Balaban J connectivity index is 1.80. The summed E-state index contributed by atoms with van der Waals surface area (Å²) in [6.07, 6.45) is 0. The molecule has 2 aromatic carbocycles. The predicted octanol–water partition coefficient (Wildman–Crippen LogP) is 5.05. The summed E-state index contributed by atoms with van der Waals surface area (Å²) in [5.41, 5.74) is 1.31. The Bertz CT molecular complexity index is 714. The summed E-state index contributed by atoms with van der Waals surface area (Å²) in [6, 6.07) is 19.1. The molecule has 1 N–H and O–H groups in total. The number of fused-ring (bicyclic) bond motifs is 1. The second-order valence-corrected chi connectivity index (χ2v) is 5.66. The van der Waals surface area contributed by atoms with Crippen LogP contribution in [0.4, 0.5) is 0 Å². The summed E-state index contributed by atoms with van der Waals surface area (Å²) in [5.74, 6) is 0.934. The van der Waals surface area contributed by atoms with Crippen molar-refractivity contribution in [2.75, 3.05) is 0 Å². The van der Waals surface area contributed by atoms with Crippen molar-refractivity contribution in [3.8, 4) is 0 Å². The first-order valence-electron chi connectivity index (χ1n) is 6.69. The zero-order valence-electron chi connectivity index (χ0n) is 11.3. The fourth-order valence-corrected chi connectivity index (χ4v) is 2.78. The Labute approximate surface area is 126 Å². The molecule has 0 fully saturated rings. The molecule has 0 radical (unpaired) electrons. The van der Waals surface area contributed by atoms with E-state index >= 15 is 0 Å². The molecular weight excluding hydrogens is 314 g/mol. The van der Waals surface area contributed by atoms with Crippen LogP contribution in [0.3, 0.4) is 0 Å². The van der Waals surface area contributed by atoms with Gasteiger partial charge >= 0.3 is 0 Å². The average Bonchev–Trinajstić information content (AvgIpc) is 2.90. The largest absolute Gasteiger partial charge is 0.453 e. The lowest BCUT2D eigenvalue weighted by atomic mass is 10.00. The maximum Gasteiger partial charge on any atom is 0.169 e. The Kier molecular flexibility index (Phi) is 3.90. The van der Waals surface area contributed by atoms with Gasteiger partial charge in [-0.15, -0.1) is 0 Å². The summed E-state index contributed by atoms with van der Waals surface area (Å²) in [7, 11) is 0. The first-order chi connectivity index (χ1) is 9.74. The van der Waals surface area contributed by atoms with Gasteiger partial charge in [-0.25, -0.2) is 0 Å². The summed E-state index contributed by atoms with van der Waals surface area (Å²) >= 11 is 3.32. The second kappa shape index (κ2) is 5.81. The van der Waals surface area contributed by atoms with Crippen LogP contribution in [-0.2, 0) is 6.54 Å². The summed E-state index contributed by atoms with van der Waals surface area (Å²) < 4.78 is 6.28. The minimum absolute atomic E-state index is 0.268. The fourth-order valence-electron chi connectivity index (χ4n) is 2.44. The molecule has 2 nitrogen and oxygen atoms in total. The van der Waals surface area contributed by atoms with Crippen LogP contribution in [0.5, 0.6) is 0 Å². The van der Waals surface area contributed by atoms with Crippen molar-refractivity contribution >= 4 is 26.7 Å². The maximum atomic E-state index is 5.51. The van der Waals surface area contributed by atoms with Crippen LogP contribution in [0.1, 0.15) is 24.3 Å². The van der Waals surface area contributed by atoms with E-state index in [0.29, 0.717) is 0 Å². The van der Waals surface area contributed by atoms with Crippen LogP contribution in [0.15, 0.2) is 63.7 Å². The number of furan rings is 1. The zero-order chi connectivity index (χ0) is 13.9. The van der Waals surface area contributed by atoms with E-state index in [0.717, 1.165) is 17.0 Å². The van der Waals surface area contributed by atoms with Crippen LogP contribution in [0.2, 0.25) is 0 Å². The molecule has 0 saturated heterocycles. The van der Waals surface area contributed by atoms with Gasteiger partial charge in [-0.2, -0.15) is 0 Å². The lowest BCUT2D eigenvalue weighted by Gasteiger charge is -2.15. The topological polar surface area (TPSA) is 25.2 Å². The molecule has 0 bridgehead atoms. The normalized spacial score (nSPS) is 12.7. The lowest BCUT2D eigenvalue weighted by molar-refractivity contribution is 0.447. The van der Waals surface area contributed by atoms with E-state index in [1.807, 2.05) is 12.1 Å². The smallest absolute Gasteiger partial charge is 0.169 e. The number of halogens is 1. The van der Waals surface area contributed by atoms with E-state index in [-0.39, 0.29) is 6.04 Å². The molecule has 1 heterocycles. The van der Waals surface area contributed by atoms with Crippen molar-refractivity contribution in [2.24, 2.45) is 0 Å². The summed E-state index contributed by atoms with van der Waals surface area (Å²) in [5, 5.41) is 6.08. The molecule has 3 rings (SSSR count). The molecule has 1 aromatic heterocycles. The van der Waals surface area contributed by atoms with Crippen LogP contribution in [0.25, 0.3) is 10.8 Å². The third kappa shape index (κ3) is 2.79. The molecule has 0 aliphatic heterocycles. The first kappa shape index (κ1) is 13.4. The molecule has 0 spiro atoms. The Morgan fingerprint density at radius 2 is 1.85 bits per heavy atom. The third-order valence-electron chi connectivity index (χ3n) is 3.50. The minimum Gasteiger partial charge on any atom is -0.453 e. The minimum atomic E-state index is 0.268. The molecule has 1 atom stereocenters. The van der Waals surface area contributed by atoms with Gasteiger partial charge in [-0.3, -0.25) is 0 Å². The van der Waals surface area contributed by atoms with E-state index in [9.17, 15) is 0 Å². The highest BCUT2D eigenvalue weighted by molar-refractivity contribution is 9.10. The number of hydrogen-bond donors (Lipinski definition) is 1.